The number of aryl methyl sites for hydroxylation is 1. The second kappa shape index (κ2) is 20.7. The van der Waals surface area contributed by atoms with Gasteiger partial charge in [-0.15, -0.1) is 0 Å². The van der Waals surface area contributed by atoms with Gasteiger partial charge in [0.1, 0.15) is 5.75 Å². The van der Waals surface area contributed by atoms with Crippen LogP contribution < -0.4 is 36.5 Å². The first-order chi connectivity index (χ1) is 21.2. The highest BCUT2D eigenvalue weighted by molar-refractivity contribution is 7.09. The highest BCUT2D eigenvalue weighted by Crippen LogP contribution is 2.33. The molecule has 1 heterocycles. The number of unbranched alkanes of at least 4 members (excludes halogenated alkanes) is 11. The van der Waals surface area contributed by atoms with Gasteiger partial charge < -0.3 is 27.0 Å². The van der Waals surface area contributed by atoms with E-state index in [0.29, 0.717) is 6.54 Å². The Hall–Kier alpha value is -2.38. The number of urea groups is 1. The van der Waals surface area contributed by atoms with E-state index in [1.807, 2.05) is 17.0 Å². The summed E-state index contributed by atoms with van der Waals surface area (Å²) in [7, 11) is 1.69. The van der Waals surface area contributed by atoms with Crippen molar-refractivity contribution in [3.63, 3.8) is 0 Å². The van der Waals surface area contributed by atoms with Gasteiger partial charge in [-0.3, -0.25) is 4.90 Å². The molecule has 0 radical (unpaired) electrons. The molecule has 1 N–H and O–H groups in total. The smallest absolute Gasteiger partial charge is 0.321 e. The van der Waals surface area contributed by atoms with Crippen LogP contribution in [-0.2, 0) is 18.5 Å². The number of carbonyl (C=O) groups is 1. The van der Waals surface area contributed by atoms with E-state index in [0.717, 1.165) is 42.1 Å². The van der Waals surface area contributed by atoms with E-state index in [4.69, 9.17) is 4.74 Å². The lowest BCUT2D eigenvalue weighted by Crippen LogP contribution is -3.00. The first-order valence-corrected chi connectivity index (χ1v) is 17.9. The standard InChI is InChI=1S/C38H57N3O2S.BrH/c1-7-8-9-10-11-12-13-14-15-16-17-18-24-43-36-26-33(22-23-35(36)38(3,4)5)29-41(37(42)39-6)34-21-19-20-32(25-34)28-40-27-31(2)44-30-40;/h19-23,25-27,30H,7-18,24,28-29H2,1-6H3;1H. The number of ether oxygens (including phenoxy) is 1. The van der Waals surface area contributed by atoms with Crippen molar-refractivity contribution in [2.45, 2.75) is 130 Å². The molecule has 2 aromatic carbocycles. The number of nitrogens with zero attached hydrogens (tertiary/aromatic N) is 2. The van der Waals surface area contributed by atoms with Gasteiger partial charge in [0.15, 0.2) is 12.7 Å². The number of amides is 2. The largest absolute Gasteiger partial charge is 1.00 e. The Morgan fingerprint density at radius 2 is 1.53 bits per heavy atom. The van der Waals surface area contributed by atoms with E-state index in [1.165, 1.54) is 81.1 Å². The first-order valence-electron chi connectivity index (χ1n) is 17.0. The summed E-state index contributed by atoms with van der Waals surface area (Å²) in [4.78, 5) is 16.2. The summed E-state index contributed by atoms with van der Waals surface area (Å²) in [5.74, 6) is 0.938. The third-order valence-corrected chi connectivity index (χ3v) is 9.07. The van der Waals surface area contributed by atoms with Crippen LogP contribution in [-0.4, -0.2) is 19.7 Å². The van der Waals surface area contributed by atoms with E-state index in [2.05, 4.69) is 86.5 Å². The highest BCUT2D eigenvalue weighted by Gasteiger charge is 2.22. The Morgan fingerprint density at radius 3 is 2.11 bits per heavy atom. The summed E-state index contributed by atoms with van der Waals surface area (Å²) in [5.41, 5.74) is 6.41. The molecular weight excluding hydrogens is 642 g/mol. The fraction of sp³-hybridized carbons (Fsp3) is 0.579. The molecule has 5 nitrogen and oxygen atoms in total. The molecule has 0 aliphatic heterocycles. The van der Waals surface area contributed by atoms with Crippen molar-refractivity contribution in [2.75, 3.05) is 18.6 Å². The third-order valence-electron chi connectivity index (χ3n) is 8.22. The Balaban J connectivity index is 0.00000705. The zero-order valence-corrected chi connectivity index (χ0v) is 31.2. The molecule has 0 fully saturated rings. The van der Waals surface area contributed by atoms with Crippen LogP contribution in [0.25, 0.3) is 0 Å². The van der Waals surface area contributed by atoms with Crippen LogP contribution in [0.3, 0.4) is 0 Å². The maximum absolute atomic E-state index is 13.1. The van der Waals surface area contributed by atoms with Crippen LogP contribution in [0.2, 0.25) is 0 Å². The van der Waals surface area contributed by atoms with Gasteiger partial charge in [-0.05, 0) is 48.1 Å². The van der Waals surface area contributed by atoms with Crippen LogP contribution in [0.15, 0.2) is 54.2 Å². The number of thiazole rings is 1. The van der Waals surface area contributed by atoms with Crippen molar-refractivity contribution in [3.8, 4) is 5.75 Å². The van der Waals surface area contributed by atoms with Crippen LogP contribution in [0.4, 0.5) is 10.5 Å². The molecule has 0 atom stereocenters. The predicted octanol–water partition coefficient (Wildman–Crippen LogP) is 7.12. The van der Waals surface area contributed by atoms with E-state index in [9.17, 15) is 4.79 Å². The molecule has 0 aliphatic carbocycles. The summed E-state index contributed by atoms with van der Waals surface area (Å²) in [6.07, 6.45) is 18.2. The summed E-state index contributed by atoms with van der Waals surface area (Å²) in [5, 5.41) is 2.84. The lowest BCUT2D eigenvalue weighted by Gasteiger charge is -2.26. The summed E-state index contributed by atoms with van der Waals surface area (Å²) in [6.45, 7) is 13.1. The van der Waals surface area contributed by atoms with Gasteiger partial charge in [-0.2, -0.15) is 4.57 Å². The Morgan fingerprint density at radius 1 is 0.889 bits per heavy atom. The monoisotopic (exact) mass is 699 g/mol. The number of hydrogen-bond donors (Lipinski definition) is 1. The SMILES string of the molecule is CCCCCCCCCCCCCCOc1cc(CN(C(=O)NC)c2cccc(C[n+]3csc(C)c3)c2)ccc1C(C)(C)C.[Br-]. The van der Waals surface area contributed by atoms with Gasteiger partial charge in [0.2, 0.25) is 5.51 Å². The number of nitrogens with one attached hydrogen (secondary N) is 1. The van der Waals surface area contributed by atoms with Crippen molar-refractivity contribution >= 4 is 23.1 Å². The molecule has 3 rings (SSSR count). The molecule has 45 heavy (non-hydrogen) atoms. The Kier molecular flexibility index (Phi) is 17.8. The van der Waals surface area contributed by atoms with Crippen molar-refractivity contribution in [3.05, 3.63) is 75.7 Å². The minimum Gasteiger partial charge on any atom is -1.00 e. The molecular formula is C38H58BrN3O2S. The fourth-order valence-corrected chi connectivity index (χ4v) is 6.32. The minimum absolute atomic E-state index is 0. The number of anilines is 1. The molecule has 1 aromatic heterocycles. The van der Waals surface area contributed by atoms with Gasteiger partial charge in [-0.1, -0.05) is 134 Å². The number of hydrogen-bond acceptors (Lipinski definition) is 3. The quantitative estimate of drug-likeness (QED) is 0.107. The first kappa shape index (κ1) is 38.8. The van der Waals surface area contributed by atoms with Gasteiger partial charge in [0, 0.05) is 18.3 Å². The fourth-order valence-electron chi connectivity index (χ4n) is 5.69. The molecule has 0 saturated heterocycles. The van der Waals surface area contributed by atoms with E-state index >= 15 is 0 Å². The molecule has 0 spiro atoms. The zero-order valence-electron chi connectivity index (χ0n) is 28.8. The van der Waals surface area contributed by atoms with Crippen molar-refractivity contribution in [1.82, 2.24) is 5.32 Å². The third kappa shape index (κ3) is 13.9. The number of halogens is 1. The highest BCUT2D eigenvalue weighted by atomic mass is 79.9. The van der Waals surface area contributed by atoms with E-state index < -0.39 is 0 Å². The molecule has 250 valence electrons. The second-order valence-corrected chi connectivity index (χ2v) is 14.4. The van der Waals surface area contributed by atoms with Crippen molar-refractivity contribution < 1.29 is 31.1 Å². The lowest BCUT2D eigenvalue weighted by molar-refractivity contribution is -0.683. The van der Waals surface area contributed by atoms with Gasteiger partial charge in [-0.25, -0.2) is 4.79 Å². The number of rotatable bonds is 19. The minimum atomic E-state index is -0.125. The number of aromatic nitrogens is 1. The van der Waals surface area contributed by atoms with Gasteiger partial charge >= 0.3 is 6.03 Å². The van der Waals surface area contributed by atoms with Crippen molar-refractivity contribution in [1.29, 1.82) is 0 Å². The normalized spacial score (nSPS) is 11.2. The molecule has 3 aromatic rings. The zero-order chi connectivity index (χ0) is 31.8. The molecule has 7 heteroatoms. The second-order valence-electron chi connectivity index (χ2n) is 13.3. The maximum atomic E-state index is 13.1. The molecule has 0 bridgehead atoms. The van der Waals surface area contributed by atoms with Crippen LogP contribution in [0, 0.1) is 6.92 Å². The van der Waals surface area contributed by atoms with Crippen molar-refractivity contribution in [2.24, 2.45) is 0 Å². The summed E-state index contributed by atoms with van der Waals surface area (Å²) >= 11 is 1.74. The lowest BCUT2D eigenvalue weighted by atomic mass is 9.85. The molecule has 0 saturated carbocycles. The number of benzene rings is 2. The maximum Gasteiger partial charge on any atom is 0.321 e. The Labute approximate surface area is 288 Å². The predicted molar refractivity (Wildman–Crippen MR) is 187 cm³/mol. The van der Waals surface area contributed by atoms with E-state index in [1.54, 1.807) is 18.4 Å². The average Bonchev–Trinajstić information content (AvgIpc) is 3.41. The van der Waals surface area contributed by atoms with Gasteiger partial charge in [0.25, 0.3) is 0 Å². The topological polar surface area (TPSA) is 45.5 Å². The van der Waals surface area contributed by atoms with Crippen LogP contribution in [0.5, 0.6) is 5.75 Å². The summed E-state index contributed by atoms with van der Waals surface area (Å²) in [6, 6.07) is 14.6. The van der Waals surface area contributed by atoms with Crippen LogP contribution in [0.1, 0.15) is 126 Å². The molecule has 0 aliphatic rings. The Bertz CT molecular complexity index is 1270. The molecule has 2 amide bonds. The summed E-state index contributed by atoms with van der Waals surface area (Å²) < 4.78 is 8.63. The van der Waals surface area contributed by atoms with Crippen LogP contribution >= 0.6 is 11.3 Å². The molecule has 0 unspecified atom stereocenters. The number of carbonyl (C=O) groups excluding carboxylic acids is 1. The average molecular weight is 701 g/mol. The van der Waals surface area contributed by atoms with Gasteiger partial charge in [0.05, 0.1) is 18.0 Å². The van der Waals surface area contributed by atoms with E-state index in [-0.39, 0.29) is 28.4 Å².